The van der Waals surface area contributed by atoms with Crippen LogP contribution in [-0.2, 0) is 11.8 Å². The number of benzene rings is 2. The minimum absolute atomic E-state index is 0.0190. The molecular weight excluding hydrogens is 486 g/mol. The van der Waals surface area contributed by atoms with Crippen LogP contribution in [-0.4, -0.2) is 31.3 Å². The summed E-state index contributed by atoms with van der Waals surface area (Å²) in [6, 6.07) is 11.9. The lowest BCUT2D eigenvalue weighted by Gasteiger charge is -2.08. The van der Waals surface area contributed by atoms with Crippen molar-refractivity contribution in [1.29, 1.82) is 0 Å². The first-order valence-electron chi connectivity index (χ1n) is 9.08. The summed E-state index contributed by atoms with van der Waals surface area (Å²) < 4.78 is 8.59. The number of hydrogen-bond acceptors (Lipinski definition) is 7. The average Bonchev–Trinajstić information content (AvgIpc) is 3.30. The molecule has 0 saturated heterocycles. The first-order chi connectivity index (χ1) is 14.8. The number of amides is 1. The van der Waals surface area contributed by atoms with E-state index in [1.54, 1.807) is 18.5 Å². The molecule has 4 rings (SSSR count). The van der Waals surface area contributed by atoms with Gasteiger partial charge in [-0.1, -0.05) is 27.7 Å². The fraction of sp³-hybridized carbons (Fsp3) is 0.150. The van der Waals surface area contributed by atoms with Gasteiger partial charge in [0.1, 0.15) is 5.58 Å². The summed E-state index contributed by atoms with van der Waals surface area (Å²) in [6.45, 7) is 1.70. The van der Waals surface area contributed by atoms with Crippen molar-refractivity contribution in [3.8, 4) is 11.6 Å². The lowest BCUT2D eigenvalue weighted by molar-refractivity contribution is -0.384. The van der Waals surface area contributed by atoms with E-state index >= 15 is 0 Å². The maximum atomic E-state index is 12.3. The molecule has 0 bridgehead atoms. The number of nitro benzene ring substituents is 1. The Hall–Kier alpha value is -3.18. The second-order valence-electron chi connectivity index (χ2n) is 6.75. The Labute approximate surface area is 189 Å². The number of aromatic nitrogens is 3. The van der Waals surface area contributed by atoms with Crippen LogP contribution in [0.25, 0.3) is 22.6 Å². The highest BCUT2D eigenvalue weighted by molar-refractivity contribution is 9.10. The van der Waals surface area contributed by atoms with Gasteiger partial charge in [0.2, 0.25) is 5.91 Å². The van der Waals surface area contributed by atoms with Gasteiger partial charge in [0.05, 0.1) is 10.7 Å². The molecule has 4 aromatic rings. The number of nitro groups is 1. The number of fused-ring (bicyclic) bond motifs is 1. The van der Waals surface area contributed by atoms with E-state index in [0.29, 0.717) is 28.0 Å². The van der Waals surface area contributed by atoms with Crippen LogP contribution in [0.2, 0.25) is 0 Å². The Morgan fingerprint density at radius 3 is 2.81 bits per heavy atom. The molecule has 158 valence electrons. The monoisotopic (exact) mass is 501 g/mol. The van der Waals surface area contributed by atoms with E-state index in [4.69, 9.17) is 4.42 Å². The molecule has 11 heteroatoms. The van der Waals surface area contributed by atoms with Crippen molar-refractivity contribution in [2.24, 2.45) is 7.05 Å². The van der Waals surface area contributed by atoms with Crippen LogP contribution >= 0.6 is 27.7 Å². The zero-order chi connectivity index (χ0) is 22.1. The number of halogens is 1. The standard InChI is InChI=1S/C20H16BrN5O4S/c1-11-7-14(26(28)29)4-5-15(11)22-18(27)10-31-20-24-23-19(25(20)2)17-9-12-8-13(21)3-6-16(12)30-17/h3-9H,10H2,1-2H3,(H,22,27). The topological polar surface area (TPSA) is 116 Å². The van der Waals surface area contributed by atoms with E-state index in [0.717, 1.165) is 15.4 Å². The Morgan fingerprint density at radius 2 is 2.06 bits per heavy atom. The number of carbonyl (C=O) groups is 1. The van der Waals surface area contributed by atoms with Gasteiger partial charge < -0.3 is 14.3 Å². The quantitative estimate of drug-likeness (QED) is 0.226. The van der Waals surface area contributed by atoms with Gasteiger partial charge in [-0.3, -0.25) is 14.9 Å². The minimum atomic E-state index is -0.471. The second-order valence-corrected chi connectivity index (χ2v) is 8.61. The Balaban J connectivity index is 1.44. The summed E-state index contributed by atoms with van der Waals surface area (Å²) >= 11 is 4.68. The predicted molar refractivity (Wildman–Crippen MR) is 121 cm³/mol. The highest BCUT2D eigenvalue weighted by Gasteiger charge is 2.17. The van der Waals surface area contributed by atoms with Crippen LogP contribution in [0.15, 0.2) is 56.5 Å². The number of rotatable bonds is 6. The molecule has 2 heterocycles. The molecule has 0 aliphatic heterocycles. The Kier molecular flexibility index (Phi) is 5.79. The number of carbonyl (C=O) groups excluding carboxylic acids is 1. The molecule has 0 aliphatic rings. The second kappa shape index (κ2) is 8.52. The Bertz CT molecular complexity index is 1320. The first kappa shape index (κ1) is 21.1. The number of aryl methyl sites for hydroxylation is 1. The fourth-order valence-corrected chi connectivity index (χ4v) is 4.09. The first-order valence-corrected chi connectivity index (χ1v) is 10.9. The number of furan rings is 1. The zero-order valence-corrected chi connectivity index (χ0v) is 18.9. The van der Waals surface area contributed by atoms with Crippen molar-refractivity contribution >= 4 is 55.9 Å². The van der Waals surface area contributed by atoms with Crippen molar-refractivity contribution in [3.05, 3.63) is 62.6 Å². The summed E-state index contributed by atoms with van der Waals surface area (Å²) in [5.74, 6) is 0.998. The van der Waals surface area contributed by atoms with Gasteiger partial charge in [-0.2, -0.15) is 0 Å². The van der Waals surface area contributed by atoms with Crippen LogP contribution in [0.3, 0.4) is 0 Å². The highest BCUT2D eigenvalue weighted by atomic mass is 79.9. The van der Waals surface area contributed by atoms with Gasteiger partial charge in [-0.25, -0.2) is 0 Å². The van der Waals surface area contributed by atoms with E-state index in [2.05, 4.69) is 31.4 Å². The van der Waals surface area contributed by atoms with E-state index in [-0.39, 0.29) is 17.3 Å². The summed E-state index contributed by atoms with van der Waals surface area (Å²) in [4.78, 5) is 22.7. The maximum Gasteiger partial charge on any atom is 0.269 e. The van der Waals surface area contributed by atoms with E-state index in [1.807, 2.05) is 24.3 Å². The number of non-ortho nitro benzene ring substituents is 1. The Morgan fingerprint density at radius 1 is 1.26 bits per heavy atom. The van der Waals surface area contributed by atoms with Crippen molar-refractivity contribution in [1.82, 2.24) is 14.8 Å². The fourth-order valence-electron chi connectivity index (χ4n) is 3.00. The molecule has 0 fully saturated rings. The largest absolute Gasteiger partial charge is 0.453 e. The lowest BCUT2D eigenvalue weighted by atomic mass is 10.2. The summed E-state index contributed by atoms with van der Waals surface area (Å²) in [5.41, 5.74) is 1.87. The third kappa shape index (κ3) is 4.47. The number of nitrogens with one attached hydrogen (secondary N) is 1. The van der Waals surface area contributed by atoms with E-state index < -0.39 is 4.92 Å². The maximum absolute atomic E-state index is 12.3. The van der Waals surface area contributed by atoms with Crippen molar-refractivity contribution in [3.63, 3.8) is 0 Å². The van der Waals surface area contributed by atoms with Gasteiger partial charge in [0.15, 0.2) is 16.7 Å². The molecule has 0 spiro atoms. The molecule has 0 saturated carbocycles. The molecule has 1 N–H and O–H groups in total. The number of nitrogens with zero attached hydrogens (tertiary/aromatic N) is 4. The minimum Gasteiger partial charge on any atom is -0.453 e. The van der Waals surface area contributed by atoms with E-state index in [9.17, 15) is 14.9 Å². The number of thioether (sulfide) groups is 1. The molecule has 31 heavy (non-hydrogen) atoms. The summed E-state index contributed by atoms with van der Waals surface area (Å²) in [7, 11) is 1.80. The SMILES string of the molecule is Cc1cc([N+](=O)[O-])ccc1NC(=O)CSc1nnc(-c2cc3cc(Br)ccc3o2)n1C. The van der Waals surface area contributed by atoms with E-state index in [1.165, 1.54) is 30.0 Å². The molecule has 0 unspecified atom stereocenters. The van der Waals surface area contributed by atoms with Crippen molar-refractivity contribution in [2.45, 2.75) is 12.1 Å². The smallest absolute Gasteiger partial charge is 0.269 e. The van der Waals surface area contributed by atoms with Crippen LogP contribution in [0.5, 0.6) is 0 Å². The van der Waals surface area contributed by atoms with Crippen LogP contribution < -0.4 is 5.32 Å². The molecule has 1 amide bonds. The van der Waals surface area contributed by atoms with Gasteiger partial charge in [-0.15, -0.1) is 10.2 Å². The molecule has 0 aliphatic carbocycles. The molecule has 9 nitrogen and oxygen atoms in total. The highest BCUT2D eigenvalue weighted by Crippen LogP contribution is 2.30. The summed E-state index contributed by atoms with van der Waals surface area (Å²) in [6.07, 6.45) is 0. The zero-order valence-electron chi connectivity index (χ0n) is 16.5. The van der Waals surface area contributed by atoms with Gasteiger partial charge in [-0.05, 0) is 42.8 Å². The third-order valence-corrected chi connectivity index (χ3v) is 6.07. The number of anilines is 1. The van der Waals surface area contributed by atoms with Crippen molar-refractivity contribution < 1.29 is 14.1 Å². The van der Waals surface area contributed by atoms with Crippen LogP contribution in [0.1, 0.15) is 5.56 Å². The predicted octanol–water partition coefficient (Wildman–Crippen LogP) is 4.94. The lowest BCUT2D eigenvalue weighted by Crippen LogP contribution is -2.15. The van der Waals surface area contributed by atoms with Gasteiger partial charge in [0, 0.05) is 34.7 Å². The van der Waals surface area contributed by atoms with Gasteiger partial charge in [0.25, 0.3) is 5.69 Å². The summed E-state index contributed by atoms with van der Waals surface area (Å²) in [5, 5.41) is 23.5. The molecule has 0 radical (unpaired) electrons. The normalized spacial score (nSPS) is 11.1. The molecular formula is C20H16BrN5O4S. The average molecular weight is 502 g/mol. The van der Waals surface area contributed by atoms with Crippen LogP contribution in [0.4, 0.5) is 11.4 Å². The molecule has 2 aromatic carbocycles. The van der Waals surface area contributed by atoms with Crippen molar-refractivity contribution in [2.75, 3.05) is 11.1 Å². The number of hydrogen-bond donors (Lipinski definition) is 1. The van der Waals surface area contributed by atoms with Crippen LogP contribution in [0, 0.1) is 17.0 Å². The third-order valence-electron chi connectivity index (χ3n) is 4.56. The molecule has 2 aromatic heterocycles. The van der Waals surface area contributed by atoms with Gasteiger partial charge >= 0.3 is 0 Å². The molecule has 0 atom stereocenters.